The highest BCUT2D eigenvalue weighted by Crippen LogP contribution is 2.23. The highest BCUT2D eigenvalue weighted by molar-refractivity contribution is 5.93. The van der Waals surface area contributed by atoms with E-state index in [9.17, 15) is 4.79 Å². The van der Waals surface area contributed by atoms with E-state index < -0.39 is 0 Å². The number of Topliss-reactive ketones (excluding diaryl/α,β-unsaturated/α-hetero) is 1. The van der Waals surface area contributed by atoms with Crippen molar-refractivity contribution >= 4 is 5.78 Å². The molecule has 0 amide bonds. The molecule has 0 saturated carbocycles. The van der Waals surface area contributed by atoms with Crippen LogP contribution in [0, 0.1) is 0 Å². The lowest BCUT2D eigenvalue weighted by Gasteiger charge is -2.29. The number of ketones is 1. The van der Waals surface area contributed by atoms with Crippen molar-refractivity contribution in [2.75, 3.05) is 6.61 Å². The summed E-state index contributed by atoms with van der Waals surface area (Å²) in [6.45, 7) is 8.70. The summed E-state index contributed by atoms with van der Waals surface area (Å²) in [7, 11) is 0. The van der Waals surface area contributed by atoms with Gasteiger partial charge >= 0.3 is 0 Å². The van der Waals surface area contributed by atoms with Crippen LogP contribution in [0.3, 0.4) is 0 Å². The fourth-order valence-electron chi connectivity index (χ4n) is 2.41. The van der Waals surface area contributed by atoms with Crippen molar-refractivity contribution in [2.24, 2.45) is 5.73 Å². The second kappa shape index (κ2) is 9.06. The van der Waals surface area contributed by atoms with Crippen molar-refractivity contribution in [3.05, 3.63) is 35.4 Å². The summed E-state index contributed by atoms with van der Waals surface area (Å²) in [5, 5.41) is 0. The molecular weight excluding hydrogens is 274 g/mol. The summed E-state index contributed by atoms with van der Waals surface area (Å²) in [6.07, 6.45) is 5.06. The lowest BCUT2D eigenvalue weighted by atomic mass is 9.94. The Bertz CT molecular complexity index is 453. The highest BCUT2D eigenvalue weighted by atomic mass is 16.5. The van der Waals surface area contributed by atoms with Gasteiger partial charge in [-0.2, -0.15) is 0 Å². The van der Waals surface area contributed by atoms with E-state index >= 15 is 0 Å². The Labute approximate surface area is 135 Å². The van der Waals surface area contributed by atoms with E-state index in [1.165, 1.54) is 5.56 Å². The molecule has 22 heavy (non-hydrogen) atoms. The van der Waals surface area contributed by atoms with Crippen LogP contribution in [0.5, 0.6) is 0 Å². The van der Waals surface area contributed by atoms with Crippen molar-refractivity contribution in [1.29, 1.82) is 0 Å². The number of ether oxygens (including phenoxy) is 1. The Morgan fingerprint density at radius 3 is 2.45 bits per heavy atom. The first-order chi connectivity index (χ1) is 10.4. The highest BCUT2D eigenvalue weighted by Gasteiger charge is 2.22. The van der Waals surface area contributed by atoms with Gasteiger partial charge in [0.25, 0.3) is 0 Å². The van der Waals surface area contributed by atoms with E-state index in [0.717, 1.165) is 44.3 Å². The molecule has 0 aliphatic rings. The number of hydrogen-bond donors (Lipinski definition) is 1. The quantitative estimate of drug-likeness (QED) is 0.661. The molecule has 0 aliphatic heterocycles. The smallest absolute Gasteiger partial charge is 0.159 e. The Hall–Kier alpha value is -1.19. The number of rotatable bonds is 10. The molecule has 2 N–H and O–H groups in total. The van der Waals surface area contributed by atoms with Gasteiger partial charge in [0.2, 0.25) is 0 Å². The van der Waals surface area contributed by atoms with Gasteiger partial charge in [0, 0.05) is 18.2 Å². The van der Waals surface area contributed by atoms with Gasteiger partial charge in [-0.3, -0.25) is 4.79 Å². The van der Waals surface area contributed by atoms with Crippen molar-refractivity contribution in [1.82, 2.24) is 0 Å². The average molecular weight is 305 g/mol. The molecule has 1 aromatic carbocycles. The third-order valence-electron chi connectivity index (χ3n) is 4.30. The monoisotopic (exact) mass is 305 g/mol. The molecule has 3 heteroatoms. The molecule has 0 aliphatic carbocycles. The minimum Gasteiger partial charge on any atom is -0.375 e. The zero-order chi connectivity index (χ0) is 16.6. The van der Waals surface area contributed by atoms with Crippen LogP contribution in [0.4, 0.5) is 0 Å². The van der Waals surface area contributed by atoms with E-state index in [1.807, 2.05) is 19.1 Å². The predicted octanol–water partition coefficient (Wildman–Crippen LogP) is 4.13. The van der Waals surface area contributed by atoms with Crippen molar-refractivity contribution in [3.8, 4) is 0 Å². The number of carbonyl (C=O) groups is 1. The second-order valence-electron chi connectivity index (χ2n) is 6.52. The van der Waals surface area contributed by atoms with Crippen LogP contribution in [0.15, 0.2) is 24.3 Å². The van der Waals surface area contributed by atoms with Crippen LogP contribution in [0.2, 0.25) is 0 Å². The second-order valence-corrected chi connectivity index (χ2v) is 6.52. The lowest BCUT2D eigenvalue weighted by Crippen LogP contribution is -2.30. The first kappa shape index (κ1) is 18.9. The van der Waals surface area contributed by atoms with Crippen molar-refractivity contribution in [3.63, 3.8) is 0 Å². The molecule has 3 nitrogen and oxygen atoms in total. The standard InChI is InChI=1S/C19H31NO2/c1-5-19(4,22-14-12-15(2)20)13-6-7-17-8-10-18(11-9-17)16(3)21/h8-11,15H,5-7,12-14,20H2,1-4H3. The van der Waals surface area contributed by atoms with Gasteiger partial charge in [-0.1, -0.05) is 31.2 Å². The number of benzene rings is 1. The molecule has 0 spiro atoms. The Morgan fingerprint density at radius 2 is 1.95 bits per heavy atom. The maximum Gasteiger partial charge on any atom is 0.159 e. The fourth-order valence-corrected chi connectivity index (χ4v) is 2.41. The molecule has 124 valence electrons. The van der Waals surface area contributed by atoms with Crippen LogP contribution in [-0.4, -0.2) is 24.0 Å². The Balaban J connectivity index is 2.41. The fraction of sp³-hybridized carbons (Fsp3) is 0.632. The van der Waals surface area contributed by atoms with E-state index in [0.29, 0.717) is 0 Å². The van der Waals surface area contributed by atoms with Crippen LogP contribution >= 0.6 is 0 Å². The molecule has 0 saturated heterocycles. The molecule has 2 unspecified atom stereocenters. The van der Waals surface area contributed by atoms with E-state index in [2.05, 4.69) is 26.0 Å². The predicted molar refractivity (Wildman–Crippen MR) is 92.3 cm³/mol. The average Bonchev–Trinajstić information content (AvgIpc) is 2.47. The van der Waals surface area contributed by atoms with Gasteiger partial charge in [0.05, 0.1) is 5.60 Å². The van der Waals surface area contributed by atoms with E-state index in [1.54, 1.807) is 6.92 Å². The van der Waals surface area contributed by atoms with Crippen LogP contribution in [-0.2, 0) is 11.2 Å². The first-order valence-electron chi connectivity index (χ1n) is 8.35. The summed E-state index contributed by atoms with van der Waals surface area (Å²) >= 11 is 0. The lowest BCUT2D eigenvalue weighted by molar-refractivity contribution is -0.0436. The minimum atomic E-state index is -0.0613. The van der Waals surface area contributed by atoms with Gasteiger partial charge in [-0.05, 0) is 58.4 Å². The van der Waals surface area contributed by atoms with Gasteiger partial charge in [0.1, 0.15) is 0 Å². The zero-order valence-electron chi connectivity index (χ0n) is 14.5. The normalized spacial score (nSPS) is 15.3. The minimum absolute atomic E-state index is 0.0613. The third kappa shape index (κ3) is 6.71. The zero-order valence-corrected chi connectivity index (χ0v) is 14.5. The van der Waals surface area contributed by atoms with Gasteiger partial charge in [0.15, 0.2) is 5.78 Å². The topological polar surface area (TPSA) is 52.3 Å². The molecule has 0 heterocycles. The Kier molecular flexibility index (Phi) is 7.77. The molecular formula is C19H31NO2. The Morgan fingerprint density at radius 1 is 1.32 bits per heavy atom. The maximum absolute atomic E-state index is 11.3. The molecule has 0 aromatic heterocycles. The van der Waals surface area contributed by atoms with Gasteiger partial charge in [-0.25, -0.2) is 0 Å². The molecule has 0 bridgehead atoms. The summed E-state index contributed by atoms with van der Waals surface area (Å²) in [6, 6.07) is 8.13. The maximum atomic E-state index is 11.3. The third-order valence-corrected chi connectivity index (χ3v) is 4.30. The molecule has 1 rings (SSSR count). The number of aryl methyl sites for hydroxylation is 1. The van der Waals surface area contributed by atoms with Crippen LogP contribution in [0.1, 0.15) is 69.3 Å². The summed E-state index contributed by atoms with van der Waals surface area (Å²) in [4.78, 5) is 11.3. The van der Waals surface area contributed by atoms with E-state index in [-0.39, 0.29) is 17.4 Å². The number of hydrogen-bond acceptors (Lipinski definition) is 3. The van der Waals surface area contributed by atoms with Crippen LogP contribution < -0.4 is 5.73 Å². The summed E-state index contributed by atoms with van der Waals surface area (Å²) in [5.74, 6) is 0.118. The number of nitrogens with two attached hydrogens (primary N) is 1. The van der Waals surface area contributed by atoms with E-state index in [4.69, 9.17) is 10.5 Å². The largest absolute Gasteiger partial charge is 0.375 e. The molecule has 2 atom stereocenters. The molecule has 0 radical (unpaired) electrons. The number of carbonyl (C=O) groups excluding carboxylic acids is 1. The van der Waals surface area contributed by atoms with Gasteiger partial charge < -0.3 is 10.5 Å². The molecule has 1 aromatic rings. The first-order valence-corrected chi connectivity index (χ1v) is 8.35. The van der Waals surface area contributed by atoms with Crippen molar-refractivity contribution in [2.45, 2.75) is 71.4 Å². The summed E-state index contributed by atoms with van der Waals surface area (Å²) in [5.41, 5.74) is 7.76. The SMILES string of the molecule is CCC(C)(CCCc1ccc(C(C)=O)cc1)OCCC(C)N. The van der Waals surface area contributed by atoms with Gasteiger partial charge in [-0.15, -0.1) is 0 Å². The molecule has 0 fully saturated rings. The van der Waals surface area contributed by atoms with Crippen molar-refractivity contribution < 1.29 is 9.53 Å². The summed E-state index contributed by atoms with van der Waals surface area (Å²) < 4.78 is 6.05. The van der Waals surface area contributed by atoms with Crippen LogP contribution in [0.25, 0.3) is 0 Å².